The van der Waals surface area contributed by atoms with Gasteiger partial charge in [0.15, 0.2) is 6.61 Å². The Morgan fingerprint density at radius 2 is 1.69 bits per heavy atom. The van der Waals surface area contributed by atoms with E-state index in [1.807, 2.05) is 29.2 Å². The van der Waals surface area contributed by atoms with Gasteiger partial charge in [0.25, 0.3) is 11.8 Å². The van der Waals surface area contributed by atoms with Crippen molar-refractivity contribution in [1.29, 1.82) is 0 Å². The molecule has 2 aliphatic rings. The lowest BCUT2D eigenvalue weighted by molar-refractivity contribution is -0.155. The summed E-state index contributed by atoms with van der Waals surface area (Å²) in [6, 6.07) is 27.5. The van der Waals surface area contributed by atoms with Crippen molar-refractivity contribution in [3.8, 4) is 11.5 Å². The number of carbonyl (C=O) groups excluding carboxylic acids is 2. The molecule has 2 fully saturated rings. The number of phenols is 1. The maximum absolute atomic E-state index is 13.6. The van der Waals surface area contributed by atoms with Gasteiger partial charge in [-0.1, -0.05) is 60.7 Å². The maximum Gasteiger partial charge on any atom is 0.345 e. The van der Waals surface area contributed by atoms with Crippen molar-refractivity contribution in [2.75, 3.05) is 39.3 Å². The van der Waals surface area contributed by atoms with Crippen LogP contribution in [0.5, 0.6) is 11.5 Å². The summed E-state index contributed by atoms with van der Waals surface area (Å²) in [5.41, 5.74) is 0.106. The Balaban J connectivity index is 0.894. The number of carbonyl (C=O) groups is 3. The number of likely N-dealkylation sites (tertiary alicyclic amines) is 2. The van der Waals surface area contributed by atoms with Crippen molar-refractivity contribution in [2.24, 2.45) is 5.92 Å². The lowest BCUT2D eigenvalue weighted by Crippen LogP contribution is -2.41. The monoisotopic (exact) mass is 746 g/mol. The number of aromatic nitrogens is 1. The number of hydrogen-bond donors (Lipinski definition) is 6. The van der Waals surface area contributed by atoms with Crippen LogP contribution >= 0.6 is 0 Å². The number of nitrogens with one attached hydrogen (secondary N) is 2. The van der Waals surface area contributed by atoms with Crippen LogP contribution < -0.4 is 15.6 Å². The highest BCUT2D eigenvalue weighted by atomic mass is 16.5. The second-order valence-electron chi connectivity index (χ2n) is 14.1. The van der Waals surface area contributed by atoms with Crippen LogP contribution in [0.1, 0.15) is 45.1 Å². The molecule has 7 rings (SSSR count). The van der Waals surface area contributed by atoms with E-state index < -0.39 is 17.7 Å². The van der Waals surface area contributed by atoms with Gasteiger partial charge in [-0.2, -0.15) is 0 Å². The first kappa shape index (κ1) is 37.3. The number of pyridine rings is 1. The van der Waals surface area contributed by atoms with Gasteiger partial charge in [-0.15, -0.1) is 0 Å². The Hall–Kier alpha value is -6.02. The van der Waals surface area contributed by atoms with Crippen molar-refractivity contribution < 1.29 is 39.5 Å². The smallest absolute Gasteiger partial charge is 0.345 e. The summed E-state index contributed by atoms with van der Waals surface area (Å²) in [7, 11) is 0. The van der Waals surface area contributed by atoms with E-state index in [1.54, 1.807) is 47.4 Å². The molecular weight excluding hydrogens is 704 g/mol. The van der Waals surface area contributed by atoms with Gasteiger partial charge in [0, 0.05) is 54.7 Å². The fourth-order valence-electron chi connectivity index (χ4n) is 7.67. The van der Waals surface area contributed by atoms with E-state index in [0.717, 1.165) is 12.0 Å². The zero-order chi connectivity index (χ0) is 38.7. The zero-order valence-corrected chi connectivity index (χ0v) is 29.9. The van der Waals surface area contributed by atoms with Crippen molar-refractivity contribution in [3.05, 3.63) is 141 Å². The van der Waals surface area contributed by atoms with Gasteiger partial charge in [-0.25, -0.2) is 4.79 Å². The molecule has 1 aromatic heterocycles. The molecule has 0 radical (unpaired) electrons. The molecule has 13 heteroatoms. The second-order valence-corrected chi connectivity index (χ2v) is 14.1. The predicted molar refractivity (Wildman–Crippen MR) is 203 cm³/mol. The first-order valence-electron chi connectivity index (χ1n) is 18.2. The molecule has 284 valence electrons. The standard InChI is InChI=1S/C42H42N4O9/c47-35-15-13-32(33-14-16-37(49)44-39(33)35)36(48)22-43-19-17-26-9-11-27(12-10-26)40(51)46-20-18-28-23-45(24-34(28)46)38(50)25-55-31-8-4-7-30(21-31)42(54,41(52)53)29-5-2-1-3-6-29/h1-16,21,28,34,36,43,47-48,54H,17-20,22-25H2,(H,44,49)(H,52,53)/t28-,34+,36-,42-/m0/s1. The highest BCUT2D eigenvalue weighted by molar-refractivity contribution is 5.95. The summed E-state index contributed by atoms with van der Waals surface area (Å²) in [5.74, 6) is -1.44. The maximum atomic E-state index is 13.6. The minimum Gasteiger partial charge on any atom is -0.506 e. The third kappa shape index (κ3) is 7.67. The summed E-state index contributed by atoms with van der Waals surface area (Å²) in [6.45, 7) is 2.06. The number of phenolic OH excluding ortho intramolecular Hbond substituents is 1. The first-order valence-corrected chi connectivity index (χ1v) is 18.2. The number of benzene rings is 4. The summed E-state index contributed by atoms with van der Waals surface area (Å²) < 4.78 is 5.79. The van der Waals surface area contributed by atoms with Crippen LogP contribution in [0.2, 0.25) is 0 Å². The second kappa shape index (κ2) is 15.8. The molecule has 0 bridgehead atoms. The number of aliphatic hydroxyl groups is 2. The van der Waals surface area contributed by atoms with Crippen LogP contribution in [0.4, 0.5) is 0 Å². The molecule has 55 heavy (non-hydrogen) atoms. The van der Waals surface area contributed by atoms with Crippen molar-refractivity contribution in [1.82, 2.24) is 20.1 Å². The Morgan fingerprint density at radius 3 is 2.45 bits per heavy atom. The molecule has 5 aromatic rings. The lowest BCUT2D eigenvalue weighted by Gasteiger charge is -2.26. The summed E-state index contributed by atoms with van der Waals surface area (Å²) in [4.78, 5) is 56.9. The van der Waals surface area contributed by atoms with E-state index >= 15 is 0 Å². The number of hydrogen-bond acceptors (Lipinski definition) is 9. The van der Waals surface area contributed by atoms with Crippen LogP contribution in [-0.2, 0) is 21.6 Å². The predicted octanol–water partition coefficient (Wildman–Crippen LogP) is 3.17. The van der Waals surface area contributed by atoms with Gasteiger partial charge in [0.1, 0.15) is 11.5 Å². The fourth-order valence-corrected chi connectivity index (χ4v) is 7.67. The van der Waals surface area contributed by atoms with E-state index in [4.69, 9.17) is 4.74 Å². The molecule has 3 heterocycles. The SMILES string of the molecule is O=C(COc1cccc([C@](O)(C(=O)O)c2ccccc2)c1)N1C[C@@H]2CCN(C(=O)c3ccc(CCNC[C@H](O)c4ccc(O)c5[nH]c(=O)ccc45)cc3)[C@@H]2C1. The molecule has 2 amide bonds. The van der Waals surface area contributed by atoms with E-state index in [0.29, 0.717) is 49.1 Å². The molecule has 0 spiro atoms. The Labute approximate surface area is 316 Å². The largest absolute Gasteiger partial charge is 0.506 e. The molecule has 4 aromatic carbocycles. The van der Waals surface area contributed by atoms with E-state index in [1.165, 1.54) is 36.4 Å². The minimum absolute atomic E-state index is 0.0641. The quantitative estimate of drug-likeness (QED) is 0.0976. The van der Waals surface area contributed by atoms with Gasteiger partial charge in [0.2, 0.25) is 11.2 Å². The highest BCUT2D eigenvalue weighted by Gasteiger charge is 2.45. The summed E-state index contributed by atoms with van der Waals surface area (Å²) in [5, 5.41) is 45.9. The Kier molecular flexibility index (Phi) is 10.7. The normalized spacial score (nSPS) is 18.1. The molecule has 2 saturated heterocycles. The Bertz CT molecular complexity index is 2260. The number of aliphatic hydroxyl groups excluding tert-OH is 1. The first-order chi connectivity index (χ1) is 26.5. The number of ether oxygens (including phenoxy) is 1. The number of H-pyrrole nitrogens is 1. The zero-order valence-electron chi connectivity index (χ0n) is 29.9. The molecule has 0 unspecified atom stereocenters. The third-order valence-electron chi connectivity index (χ3n) is 10.7. The minimum atomic E-state index is -2.30. The van der Waals surface area contributed by atoms with Gasteiger partial charge in [-0.3, -0.25) is 14.4 Å². The van der Waals surface area contributed by atoms with Gasteiger partial charge >= 0.3 is 5.97 Å². The molecule has 6 N–H and O–H groups in total. The van der Waals surface area contributed by atoms with Crippen LogP contribution in [0, 0.1) is 5.92 Å². The topological polar surface area (TPSA) is 193 Å². The molecule has 2 aliphatic heterocycles. The van der Waals surface area contributed by atoms with Crippen LogP contribution in [0.15, 0.2) is 108 Å². The molecule has 4 atom stereocenters. The van der Waals surface area contributed by atoms with E-state index in [2.05, 4.69) is 10.3 Å². The number of fused-ring (bicyclic) bond motifs is 2. The van der Waals surface area contributed by atoms with E-state index in [9.17, 15) is 39.6 Å². The molecule has 0 saturated carbocycles. The average Bonchev–Trinajstić information content (AvgIpc) is 3.81. The van der Waals surface area contributed by atoms with Crippen molar-refractivity contribution >= 4 is 28.7 Å². The molecule has 0 aliphatic carbocycles. The fraction of sp³-hybridized carbons (Fsp3) is 0.286. The number of aromatic hydroxyl groups is 1. The summed E-state index contributed by atoms with van der Waals surface area (Å²) >= 11 is 0. The van der Waals surface area contributed by atoms with E-state index in [-0.39, 0.29) is 70.6 Å². The lowest BCUT2D eigenvalue weighted by atomic mass is 9.86. The average molecular weight is 747 g/mol. The number of nitrogens with zero attached hydrogens (tertiary/aromatic N) is 2. The number of carboxylic acids is 1. The number of aliphatic carboxylic acids is 1. The molecule has 13 nitrogen and oxygen atoms in total. The van der Waals surface area contributed by atoms with Gasteiger partial charge in [-0.05, 0) is 72.5 Å². The number of rotatable bonds is 13. The highest BCUT2D eigenvalue weighted by Crippen LogP contribution is 2.34. The number of aromatic amines is 1. The van der Waals surface area contributed by atoms with Gasteiger partial charge < -0.3 is 45.3 Å². The molecular formula is C42H42N4O9. The Morgan fingerprint density at radius 1 is 0.927 bits per heavy atom. The van der Waals surface area contributed by atoms with Crippen LogP contribution in [0.3, 0.4) is 0 Å². The number of amides is 2. The van der Waals surface area contributed by atoms with Crippen LogP contribution in [0.25, 0.3) is 10.9 Å². The number of carboxylic acid groups (broad SMARTS) is 1. The van der Waals surface area contributed by atoms with Crippen molar-refractivity contribution in [3.63, 3.8) is 0 Å². The van der Waals surface area contributed by atoms with Crippen molar-refractivity contribution in [2.45, 2.75) is 30.6 Å². The van der Waals surface area contributed by atoms with Gasteiger partial charge in [0.05, 0.1) is 17.7 Å². The summed E-state index contributed by atoms with van der Waals surface area (Å²) in [6.07, 6.45) is 0.582. The third-order valence-corrected chi connectivity index (χ3v) is 10.7. The van der Waals surface area contributed by atoms with Crippen LogP contribution in [-0.4, -0.2) is 98.4 Å².